The zero-order valence-corrected chi connectivity index (χ0v) is 11.7. The fourth-order valence-electron chi connectivity index (χ4n) is 2.68. The van der Waals surface area contributed by atoms with Gasteiger partial charge in [0.25, 0.3) is 0 Å². The standard InChI is InChI=1S/C14H16BrN3/c15-12-9-17-18(10-12)13-5-3-11(4-6-13)14(16)7-1-2-8-14/h3-6,9-10H,1-2,7-8,16H2. The second-order valence-corrected chi connectivity index (χ2v) is 5.93. The largest absolute Gasteiger partial charge is 0.321 e. The first-order valence-electron chi connectivity index (χ1n) is 6.27. The molecule has 1 heterocycles. The molecule has 1 fully saturated rings. The van der Waals surface area contributed by atoms with Crippen molar-refractivity contribution in [3.63, 3.8) is 0 Å². The number of rotatable bonds is 2. The first-order valence-corrected chi connectivity index (χ1v) is 7.07. The second-order valence-electron chi connectivity index (χ2n) is 5.01. The Morgan fingerprint density at radius 3 is 2.39 bits per heavy atom. The van der Waals surface area contributed by atoms with Gasteiger partial charge in [0, 0.05) is 11.7 Å². The molecule has 18 heavy (non-hydrogen) atoms. The third kappa shape index (κ3) is 2.10. The van der Waals surface area contributed by atoms with E-state index in [1.807, 2.05) is 10.9 Å². The molecule has 0 saturated heterocycles. The summed E-state index contributed by atoms with van der Waals surface area (Å²) >= 11 is 3.40. The van der Waals surface area contributed by atoms with Crippen molar-refractivity contribution in [3.8, 4) is 5.69 Å². The second kappa shape index (κ2) is 4.52. The molecule has 0 unspecified atom stereocenters. The summed E-state index contributed by atoms with van der Waals surface area (Å²) in [6.07, 6.45) is 8.41. The zero-order valence-electron chi connectivity index (χ0n) is 10.1. The summed E-state index contributed by atoms with van der Waals surface area (Å²) < 4.78 is 2.84. The molecular weight excluding hydrogens is 290 g/mol. The fourth-order valence-corrected chi connectivity index (χ4v) is 2.97. The highest BCUT2D eigenvalue weighted by atomic mass is 79.9. The van der Waals surface area contributed by atoms with E-state index in [2.05, 4.69) is 45.3 Å². The Kier molecular flexibility index (Phi) is 2.99. The molecule has 3 nitrogen and oxygen atoms in total. The van der Waals surface area contributed by atoms with Crippen LogP contribution in [0.25, 0.3) is 5.69 Å². The van der Waals surface area contributed by atoms with Crippen molar-refractivity contribution in [1.82, 2.24) is 9.78 Å². The Morgan fingerprint density at radius 1 is 1.17 bits per heavy atom. The number of aromatic nitrogens is 2. The summed E-state index contributed by atoms with van der Waals surface area (Å²) in [5.41, 5.74) is 8.64. The maximum atomic E-state index is 6.44. The van der Waals surface area contributed by atoms with E-state index in [0.717, 1.165) is 23.0 Å². The topological polar surface area (TPSA) is 43.8 Å². The number of benzene rings is 1. The van der Waals surface area contributed by atoms with Crippen molar-refractivity contribution in [2.45, 2.75) is 31.2 Å². The van der Waals surface area contributed by atoms with Gasteiger partial charge < -0.3 is 5.73 Å². The summed E-state index contributed by atoms with van der Waals surface area (Å²) in [5.74, 6) is 0. The monoisotopic (exact) mass is 305 g/mol. The van der Waals surface area contributed by atoms with Crippen LogP contribution in [0.2, 0.25) is 0 Å². The Hall–Kier alpha value is -1.13. The van der Waals surface area contributed by atoms with E-state index in [4.69, 9.17) is 5.73 Å². The highest BCUT2D eigenvalue weighted by Crippen LogP contribution is 2.36. The van der Waals surface area contributed by atoms with Crippen molar-refractivity contribution in [3.05, 3.63) is 46.7 Å². The number of nitrogens with two attached hydrogens (primary N) is 1. The van der Waals surface area contributed by atoms with Gasteiger partial charge in [0.1, 0.15) is 0 Å². The quantitative estimate of drug-likeness (QED) is 0.924. The van der Waals surface area contributed by atoms with Crippen molar-refractivity contribution in [2.75, 3.05) is 0 Å². The molecule has 0 radical (unpaired) electrons. The van der Waals surface area contributed by atoms with Crippen molar-refractivity contribution in [2.24, 2.45) is 5.73 Å². The lowest BCUT2D eigenvalue weighted by atomic mass is 9.89. The van der Waals surface area contributed by atoms with Crippen molar-refractivity contribution >= 4 is 15.9 Å². The molecule has 2 aromatic rings. The maximum absolute atomic E-state index is 6.44. The Bertz CT molecular complexity index is 538. The van der Waals surface area contributed by atoms with E-state index in [0.29, 0.717) is 0 Å². The molecular formula is C14H16BrN3. The summed E-state index contributed by atoms with van der Waals surface area (Å²) in [7, 11) is 0. The lowest BCUT2D eigenvalue weighted by Crippen LogP contribution is -2.32. The number of halogens is 1. The van der Waals surface area contributed by atoms with E-state index in [9.17, 15) is 0 Å². The van der Waals surface area contributed by atoms with Gasteiger partial charge in [-0.25, -0.2) is 4.68 Å². The van der Waals surface area contributed by atoms with Gasteiger partial charge in [0.05, 0.1) is 16.4 Å². The zero-order chi connectivity index (χ0) is 12.6. The molecule has 0 spiro atoms. The predicted octanol–water partition coefficient (Wildman–Crippen LogP) is 3.36. The van der Waals surface area contributed by atoms with Crippen LogP contribution in [0, 0.1) is 0 Å². The molecule has 0 bridgehead atoms. The SMILES string of the molecule is NC1(c2ccc(-n3cc(Br)cn3)cc2)CCCC1. The smallest absolute Gasteiger partial charge is 0.0646 e. The van der Waals surface area contributed by atoms with Gasteiger partial charge in [0.2, 0.25) is 0 Å². The van der Waals surface area contributed by atoms with Crippen LogP contribution in [0.15, 0.2) is 41.1 Å². The highest BCUT2D eigenvalue weighted by molar-refractivity contribution is 9.10. The molecule has 94 valence electrons. The van der Waals surface area contributed by atoms with Crippen LogP contribution in [-0.4, -0.2) is 9.78 Å². The summed E-state index contributed by atoms with van der Waals surface area (Å²) in [4.78, 5) is 0. The van der Waals surface area contributed by atoms with Gasteiger partial charge in [-0.15, -0.1) is 0 Å². The molecule has 1 aromatic carbocycles. The summed E-state index contributed by atoms with van der Waals surface area (Å²) in [5, 5.41) is 4.27. The lowest BCUT2D eigenvalue weighted by Gasteiger charge is -2.24. The first kappa shape index (κ1) is 11.9. The number of hydrogen-bond donors (Lipinski definition) is 1. The molecule has 2 N–H and O–H groups in total. The molecule has 0 amide bonds. The Morgan fingerprint density at radius 2 is 1.83 bits per heavy atom. The van der Waals surface area contributed by atoms with E-state index >= 15 is 0 Å². The molecule has 0 aliphatic heterocycles. The minimum atomic E-state index is -0.108. The van der Waals surface area contributed by atoms with Gasteiger partial charge in [-0.2, -0.15) is 5.10 Å². The molecule has 1 saturated carbocycles. The van der Waals surface area contributed by atoms with Gasteiger partial charge in [0.15, 0.2) is 0 Å². The van der Waals surface area contributed by atoms with E-state index in [1.165, 1.54) is 18.4 Å². The number of hydrogen-bond acceptors (Lipinski definition) is 2. The first-order chi connectivity index (χ1) is 8.67. The minimum absolute atomic E-state index is 0.108. The van der Waals surface area contributed by atoms with Gasteiger partial charge in [-0.05, 0) is 46.5 Å². The third-order valence-corrected chi connectivity index (χ3v) is 4.16. The molecule has 4 heteroatoms. The highest BCUT2D eigenvalue weighted by Gasteiger charge is 2.30. The Balaban J connectivity index is 1.89. The summed E-state index contributed by atoms with van der Waals surface area (Å²) in [6.45, 7) is 0. The lowest BCUT2D eigenvalue weighted by molar-refractivity contribution is 0.461. The van der Waals surface area contributed by atoms with Crippen LogP contribution in [0.1, 0.15) is 31.2 Å². The average molecular weight is 306 g/mol. The molecule has 1 aliphatic rings. The van der Waals surface area contributed by atoms with Crippen molar-refractivity contribution in [1.29, 1.82) is 0 Å². The van der Waals surface area contributed by atoms with E-state index in [1.54, 1.807) is 6.20 Å². The fraction of sp³-hybridized carbons (Fsp3) is 0.357. The van der Waals surface area contributed by atoms with Gasteiger partial charge in [-0.3, -0.25) is 0 Å². The Labute approximate surface area is 115 Å². The van der Waals surface area contributed by atoms with Crippen LogP contribution in [0.3, 0.4) is 0 Å². The van der Waals surface area contributed by atoms with Crippen LogP contribution in [0.5, 0.6) is 0 Å². The van der Waals surface area contributed by atoms with Crippen LogP contribution < -0.4 is 5.73 Å². The van der Waals surface area contributed by atoms with Crippen LogP contribution in [-0.2, 0) is 5.54 Å². The minimum Gasteiger partial charge on any atom is -0.321 e. The van der Waals surface area contributed by atoms with Gasteiger partial charge >= 0.3 is 0 Å². The third-order valence-electron chi connectivity index (χ3n) is 3.75. The molecule has 3 rings (SSSR count). The van der Waals surface area contributed by atoms with Crippen LogP contribution >= 0.6 is 15.9 Å². The molecule has 1 aromatic heterocycles. The predicted molar refractivity (Wildman–Crippen MR) is 75.6 cm³/mol. The van der Waals surface area contributed by atoms with E-state index < -0.39 is 0 Å². The maximum Gasteiger partial charge on any atom is 0.0646 e. The molecule has 0 atom stereocenters. The summed E-state index contributed by atoms with van der Waals surface area (Å²) in [6, 6.07) is 8.44. The van der Waals surface area contributed by atoms with E-state index in [-0.39, 0.29) is 5.54 Å². The van der Waals surface area contributed by atoms with Crippen LogP contribution in [0.4, 0.5) is 0 Å². The van der Waals surface area contributed by atoms with Crippen molar-refractivity contribution < 1.29 is 0 Å². The average Bonchev–Trinajstić information content (AvgIpc) is 3.00. The number of nitrogens with zero attached hydrogens (tertiary/aromatic N) is 2. The molecule has 1 aliphatic carbocycles. The van der Waals surface area contributed by atoms with Gasteiger partial charge in [-0.1, -0.05) is 25.0 Å². The normalized spacial score (nSPS) is 18.1.